The number of para-hydroxylation sites is 1. The van der Waals surface area contributed by atoms with Crippen molar-refractivity contribution < 1.29 is 14.3 Å². The minimum Gasteiger partial charge on any atom is -0.378 e. The van der Waals surface area contributed by atoms with E-state index in [0.717, 1.165) is 53.4 Å². The van der Waals surface area contributed by atoms with Crippen molar-refractivity contribution in [2.24, 2.45) is 0 Å². The number of aromatic amines is 1. The molecule has 7 nitrogen and oxygen atoms in total. The van der Waals surface area contributed by atoms with Crippen molar-refractivity contribution in [3.8, 4) is 0 Å². The summed E-state index contributed by atoms with van der Waals surface area (Å²) in [4.78, 5) is 36.2. The number of fused-ring (bicyclic) bond motifs is 2. The van der Waals surface area contributed by atoms with E-state index < -0.39 is 5.54 Å². The Morgan fingerprint density at radius 2 is 1.77 bits per heavy atom. The summed E-state index contributed by atoms with van der Waals surface area (Å²) in [5.41, 5.74) is 3.62. The van der Waals surface area contributed by atoms with Crippen LogP contribution in [0.3, 0.4) is 0 Å². The van der Waals surface area contributed by atoms with E-state index in [1.807, 2.05) is 79.9 Å². The van der Waals surface area contributed by atoms with Gasteiger partial charge in [-0.05, 0) is 61.4 Å². The molecule has 3 aromatic carbocycles. The number of rotatable bonds is 6. The summed E-state index contributed by atoms with van der Waals surface area (Å²) in [6.07, 6.45) is 2.64. The van der Waals surface area contributed by atoms with E-state index in [0.29, 0.717) is 30.0 Å². The number of carbonyl (C=O) groups excluding carboxylic acids is 2. The molecular formula is C31H32N4O3S. The fraction of sp³-hybridized carbons (Fsp3) is 0.290. The van der Waals surface area contributed by atoms with Crippen LogP contribution in [0.4, 0.5) is 11.4 Å². The van der Waals surface area contributed by atoms with Crippen LogP contribution in [-0.2, 0) is 16.0 Å². The van der Waals surface area contributed by atoms with Crippen LogP contribution >= 0.6 is 11.8 Å². The largest absolute Gasteiger partial charge is 0.378 e. The van der Waals surface area contributed by atoms with Crippen molar-refractivity contribution in [2.75, 3.05) is 48.8 Å². The number of nitrogens with one attached hydrogen (secondary N) is 2. The van der Waals surface area contributed by atoms with E-state index >= 15 is 0 Å². The number of hydrogen-bond acceptors (Lipinski definition) is 5. The molecule has 3 heterocycles. The average Bonchev–Trinajstić information content (AvgIpc) is 3.35. The predicted molar refractivity (Wildman–Crippen MR) is 157 cm³/mol. The Bertz CT molecular complexity index is 1500. The third kappa shape index (κ3) is 5.02. The number of carbonyl (C=O) groups is 2. The first-order valence-corrected chi connectivity index (χ1v) is 14.3. The standard InChI is InChI=1S/C31H32N4O3S/c1-31(30(37)33-23-10-12-24(13-11-23)34-16-18-38-19-17-34)21-39-28-9-5-3-7-26(28)29(36)35(31)15-14-22-20-32-27-8-4-2-6-25(22)27/h2-13,20,32H,14-19,21H2,1H3,(H,33,37)/t31-/m0/s1. The minimum absolute atomic E-state index is 0.115. The van der Waals surface area contributed by atoms with Crippen LogP contribution in [0.25, 0.3) is 10.9 Å². The molecule has 2 aliphatic heterocycles. The maximum absolute atomic E-state index is 14.0. The number of aromatic nitrogens is 1. The summed E-state index contributed by atoms with van der Waals surface area (Å²) < 4.78 is 5.46. The Kier molecular flexibility index (Phi) is 7.06. The molecule has 0 unspecified atom stereocenters. The van der Waals surface area contributed by atoms with Crippen molar-refractivity contribution in [1.29, 1.82) is 0 Å². The third-order valence-corrected chi connectivity index (χ3v) is 9.11. The zero-order valence-electron chi connectivity index (χ0n) is 22.0. The van der Waals surface area contributed by atoms with Gasteiger partial charge in [0, 0.05) is 58.8 Å². The zero-order chi connectivity index (χ0) is 26.8. The maximum Gasteiger partial charge on any atom is 0.255 e. The number of ether oxygens (including phenoxy) is 1. The van der Waals surface area contributed by atoms with Crippen LogP contribution < -0.4 is 10.2 Å². The molecule has 200 valence electrons. The SMILES string of the molecule is C[C@@]1(C(=O)Nc2ccc(N3CCOCC3)cc2)CSc2ccccc2C(=O)N1CCc1c[nH]c2ccccc12. The summed E-state index contributed by atoms with van der Waals surface area (Å²) in [5, 5.41) is 4.25. The monoisotopic (exact) mass is 540 g/mol. The molecule has 1 saturated heterocycles. The number of thioether (sulfide) groups is 1. The lowest BCUT2D eigenvalue weighted by atomic mass is 9.98. The van der Waals surface area contributed by atoms with Gasteiger partial charge in [0.1, 0.15) is 5.54 Å². The van der Waals surface area contributed by atoms with Gasteiger partial charge in [0.2, 0.25) is 0 Å². The number of morpholine rings is 1. The fourth-order valence-corrected chi connectivity index (χ4v) is 6.59. The van der Waals surface area contributed by atoms with E-state index in [2.05, 4.69) is 21.3 Å². The lowest BCUT2D eigenvalue weighted by Crippen LogP contribution is -2.58. The molecule has 8 heteroatoms. The first kappa shape index (κ1) is 25.5. The second kappa shape index (κ2) is 10.8. The van der Waals surface area contributed by atoms with Gasteiger partial charge in [0.05, 0.1) is 18.8 Å². The summed E-state index contributed by atoms with van der Waals surface area (Å²) in [6.45, 7) is 5.47. The Hall–Kier alpha value is -3.75. The second-order valence-electron chi connectivity index (χ2n) is 10.2. The van der Waals surface area contributed by atoms with E-state index in [4.69, 9.17) is 4.74 Å². The topological polar surface area (TPSA) is 77.7 Å². The molecule has 4 aromatic rings. The molecule has 1 aromatic heterocycles. The van der Waals surface area contributed by atoms with E-state index in [-0.39, 0.29) is 11.8 Å². The molecule has 2 amide bonds. The van der Waals surface area contributed by atoms with E-state index in [1.165, 1.54) is 0 Å². The maximum atomic E-state index is 14.0. The van der Waals surface area contributed by atoms with Crippen LogP contribution in [0.15, 0.2) is 83.9 Å². The van der Waals surface area contributed by atoms with E-state index in [1.54, 1.807) is 16.7 Å². The predicted octanol–water partition coefficient (Wildman–Crippen LogP) is 5.19. The third-order valence-electron chi connectivity index (χ3n) is 7.74. The Morgan fingerprint density at radius 3 is 2.59 bits per heavy atom. The molecule has 6 rings (SSSR count). The number of nitrogens with zero attached hydrogens (tertiary/aromatic N) is 2. The molecule has 39 heavy (non-hydrogen) atoms. The highest BCUT2D eigenvalue weighted by molar-refractivity contribution is 7.99. The molecule has 1 atom stereocenters. The number of H-pyrrole nitrogens is 1. The van der Waals surface area contributed by atoms with Crippen LogP contribution in [-0.4, -0.2) is 65.8 Å². The number of benzene rings is 3. The molecule has 2 N–H and O–H groups in total. The fourth-order valence-electron chi connectivity index (χ4n) is 5.38. The average molecular weight is 541 g/mol. The molecule has 2 aliphatic rings. The van der Waals surface area contributed by atoms with Gasteiger partial charge < -0.3 is 24.8 Å². The molecule has 0 radical (unpaired) electrons. The van der Waals surface area contributed by atoms with Gasteiger partial charge in [-0.15, -0.1) is 11.8 Å². The Labute approximate surface area is 232 Å². The zero-order valence-corrected chi connectivity index (χ0v) is 22.8. The van der Waals surface area contributed by atoms with Crippen LogP contribution in [0.1, 0.15) is 22.8 Å². The van der Waals surface area contributed by atoms with Crippen LogP contribution in [0.2, 0.25) is 0 Å². The lowest BCUT2D eigenvalue weighted by Gasteiger charge is -2.38. The minimum atomic E-state index is -1.05. The Morgan fingerprint density at radius 1 is 1.03 bits per heavy atom. The molecule has 1 fully saturated rings. The van der Waals surface area contributed by atoms with Crippen LogP contribution in [0, 0.1) is 0 Å². The molecule has 0 saturated carbocycles. The van der Waals surface area contributed by atoms with Gasteiger partial charge in [-0.3, -0.25) is 9.59 Å². The molecule has 0 aliphatic carbocycles. The van der Waals surface area contributed by atoms with Crippen molar-refractivity contribution in [1.82, 2.24) is 9.88 Å². The summed E-state index contributed by atoms with van der Waals surface area (Å²) >= 11 is 1.56. The van der Waals surface area contributed by atoms with Crippen molar-refractivity contribution in [2.45, 2.75) is 23.8 Å². The van der Waals surface area contributed by atoms with E-state index in [9.17, 15) is 9.59 Å². The van der Waals surface area contributed by atoms with Gasteiger partial charge in [0.15, 0.2) is 0 Å². The number of anilines is 2. The van der Waals surface area contributed by atoms with Crippen molar-refractivity contribution >= 4 is 45.9 Å². The molecule has 0 spiro atoms. The smallest absolute Gasteiger partial charge is 0.255 e. The summed E-state index contributed by atoms with van der Waals surface area (Å²) in [5.74, 6) is 0.159. The first-order chi connectivity index (χ1) is 19.0. The number of amides is 2. The Balaban J connectivity index is 1.26. The highest BCUT2D eigenvalue weighted by Crippen LogP contribution is 2.36. The highest BCUT2D eigenvalue weighted by Gasteiger charge is 2.45. The summed E-state index contributed by atoms with van der Waals surface area (Å²) in [7, 11) is 0. The van der Waals surface area contributed by atoms with Gasteiger partial charge in [0.25, 0.3) is 11.8 Å². The quantitative estimate of drug-likeness (QED) is 0.352. The van der Waals surface area contributed by atoms with Crippen LogP contribution in [0.5, 0.6) is 0 Å². The first-order valence-electron chi connectivity index (χ1n) is 13.4. The molecular weight excluding hydrogens is 508 g/mol. The normalized spacial score (nSPS) is 19.6. The second-order valence-corrected chi connectivity index (χ2v) is 11.2. The van der Waals surface area contributed by atoms with Gasteiger partial charge in [-0.1, -0.05) is 30.3 Å². The van der Waals surface area contributed by atoms with Gasteiger partial charge in [-0.25, -0.2) is 0 Å². The lowest BCUT2D eigenvalue weighted by molar-refractivity contribution is -0.124. The van der Waals surface area contributed by atoms with Gasteiger partial charge in [-0.2, -0.15) is 0 Å². The highest BCUT2D eigenvalue weighted by atomic mass is 32.2. The number of hydrogen-bond donors (Lipinski definition) is 2. The molecule has 0 bridgehead atoms. The van der Waals surface area contributed by atoms with Crippen molar-refractivity contribution in [3.63, 3.8) is 0 Å². The van der Waals surface area contributed by atoms with Crippen molar-refractivity contribution in [3.05, 3.63) is 90.1 Å². The van der Waals surface area contributed by atoms with Gasteiger partial charge >= 0.3 is 0 Å². The summed E-state index contributed by atoms with van der Waals surface area (Å²) in [6, 6.07) is 23.7.